The maximum atomic E-state index is 5.61. The fraction of sp³-hybridized carbons (Fsp3) is 0.600. The van der Waals surface area contributed by atoms with Crippen LogP contribution in [-0.4, -0.2) is 33.5 Å². The van der Waals surface area contributed by atoms with Crippen LogP contribution < -0.4 is 14.8 Å². The van der Waals surface area contributed by atoms with Gasteiger partial charge < -0.3 is 19.5 Å². The van der Waals surface area contributed by atoms with Gasteiger partial charge in [-0.25, -0.2) is 0 Å². The third-order valence-electron chi connectivity index (χ3n) is 3.41. The molecule has 0 spiro atoms. The number of nitrogens with one attached hydrogen (secondary N) is 1. The van der Waals surface area contributed by atoms with Crippen LogP contribution in [0.1, 0.15) is 25.7 Å². The zero-order valence-electron chi connectivity index (χ0n) is 11.8. The number of ether oxygens (including phenoxy) is 3. The van der Waals surface area contributed by atoms with E-state index < -0.39 is 0 Å². The minimum Gasteiger partial charge on any atom is -0.497 e. The summed E-state index contributed by atoms with van der Waals surface area (Å²) in [6, 6.07) is 5.83. The molecule has 4 heteroatoms. The van der Waals surface area contributed by atoms with E-state index in [-0.39, 0.29) is 0 Å². The molecule has 106 valence electrons. The molecule has 0 aromatic heterocycles. The molecule has 0 saturated carbocycles. The van der Waals surface area contributed by atoms with E-state index in [9.17, 15) is 0 Å². The standard InChI is InChI=1S/C15H23NO3/c1-17-14-9-12(10-15(11-14)18-2)16-7-3-5-13-6-4-8-19-13/h9-11,13,16H,3-8H2,1-2H3. The highest BCUT2D eigenvalue weighted by Crippen LogP contribution is 2.25. The van der Waals surface area contributed by atoms with Crippen molar-refractivity contribution < 1.29 is 14.2 Å². The van der Waals surface area contributed by atoms with Crippen molar-refractivity contribution in [1.29, 1.82) is 0 Å². The van der Waals surface area contributed by atoms with Gasteiger partial charge in [0.2, 0.25) is 0 Å². The predicted molar refractivity (Wildman–Crippen MR) is 76.2 cm³/mol. The van der Waals surface area contributed by atoms with E-state index in [0.29, 0.717) is 6.10 Å². The van der Waals surface area contributed by atoms with Crippen molar-refractivity contribution in [2.45, 2.75) is 31.8 Å². The van der Waals surface area contributed by atoms with E-state index in [2.05, 4.69) is 5.32 Å². The largest absolute Gasteiger partial charge is 0.497 e. The summed E-state index contributed by atoms with van der Waals surface area (Å²) < 4.78 is 16.1. The maximum absolute atomic E-state index is 5.61. The normalized spacial score (nSPS) is 18.3. The maximum Gasteiger partial charge on any atom is 0.124 e. The summed E-state index contributed by atoms with van der Waals surface area (Å²) in [4.78, 5) is 0. The number of anilines is 1. The Hall–Kier alpha value is -1.42. The van der Waals surface area contributed by atoms with Crippen LogP contribution in [0.4, 0.5) is 5.69 Å². The molecule has 1 aromatic rings. The number of hydrogen-bond donors (Lipinski definition) is 1. The van der Waals surface area contributed by atoms with E-state index >= 15 is 0 Å². The Labute approximate surface area is 115 Å². The van der Waals surface area contributed by atoms with Gasteiger partial charge in [0.05, 0.1) is 20.3 Å². The van der Waals surface area contributed by atoms with E-state index in [1.54, 1.807) is 14.2 Å². The zero-order chi connectivity index (χ0) is 13.5. The molecule has 1 heterocycles. The van der Waals surface area contributed by atoms with Crippen LogP contribution in [0, 0.1) is 0 Å². The lowest BCUT2D eigenvalue weighted by atomic mass is 10.1. The van der Waals surface area contributed by atoms with Crippen LogP contribution in [0.15, 0.2) is 18.2 Å². The predicted octanol–water partition coefficient (Wildman–Crippen LogP) is 3.07. The van der Waals surface area contributed by atoms with Crippen LogP contribution in [0.25, 0.3) is 0 Å². The summed E-state index contributed by atoms with van der Waals surface area (Å²) in [6.45, 7) is 1.88. The van der Waals surface area contributed by atoms with Gasteiger partial charge in [0.25, 0.3) is 0 Å². The summed E-state index contributed by atoms with van der Waals surface area (Å²) in [6.07, 6.45) is 5.15. The number of rotatable bonds is 7. The molecule has 1 saturated heterocycles. The van der Waals surface area contributed by atoms with Crippen molar-refractivity contribution in [3.63, 3.8) is 0 Å². The van der Waals surface area contributed by atoms with Gasteiger partial charge in [-0.2, -0.15) is 0 Å². The van der Waals surface area contributed by atoms with Crippen molar-refractivity contribution in [2.75, 3.05) is 32.7 Å². The molecule has 19 heavy (non-hydrogen) atoms. The minimum absolute atomic E-state index is 0.474. The van der Waals surface area contributed by atoms with Gasteiger partial charge >= 0.3 is 0 Å². The molecule has 1 aliphatic rings. The number of hydrogen-bond acceptors (Lipinski definition) is 4. The van der Waals surface area contributed by atoms with E-state index in [0.717, 1.165) is 43.2 Å². The Bertz CT molecular complexity index is 367. The van der Waals surface area contributed by atoms with Gasteiger partial charge in [-0.1, -0.05) is 0 Å². The van der Waals surface area contributed by atoms with Gasteiger partial charge in [0, 0.05) is 37.0 Å². The molecule has 1 fully saturated rings. The van der Waals surface area contributed by atoms with Crippen molar-refractivity contribution >= 4 is 5.69 Å². The lowest BCUT2D eigenvalue weighted by Crippen LogP contribution is -2.09. The van der Waals surface area contributed by atoms with Crippen LogP contribution >= 0.6 is 0 Å². The summed E-state index contributed by atoms with van der Waals surface area (Å²) in [5, 5.41) is 3.40. The molecule has 0 amide bonds. The zero-order valence-corrected chi connectivity index (χ0v) is 11.8. The van der Waals surface area contributed by atoms with Crippen molar-refractivity contribution in [1.82, 2.24) is 0 Å². The molecule has 0 radical (unpaired) electrons. The first-order valence-corrected chi connectivity index (χ1v) is 6.90. The van der Waals surface area contributed by atoms with Crippen LogP contribution in [0.5, 0.6) is 11.5 Å². The van der Waals surface area contributed by atoms with Gasteiger partial charge in [-0.15, -0.1) is 0 Å². The Morgan fingerprint density at radius 2 is 1.95 bits per heavy atom. The number of benzene rings is 1. The molecule has 4 nitrogen and oxygen atoms in total. The second-order valence-electron chi connectivity index (χ2n) is 4.81. The first-order valence-electron chi connectivity index (χ1n) is 6.90. The lowest BCUT2D eigenvalue weighted by Gasteiger charge is -2.12. The van der Waals surface area contributed by atoms with E-state index in [1.807, 2.05) is 18.2 Å². The highest BCUT2D eigenvalue weighted by Gasteiger charge is 2.14. The Balaban J connectivity index is 1.77. The summed E-state index contributed by atoms with van der Waals surface area (Å²) in [7, 11) is 3.33. The molecule has 0 aliphatic carbocycles. The smallest absolute Gasteiger partial charge is 0.124 e. The highest BCUT2D eigenvalue weighted by molar-refractivity contribution is 5.53. The van der Waals surface area contributed by atoms with Crippen LogP contribution in [0.3, 0.4) is 0 Å². The molecule has 1 aliphatic heterocycles. The van der Waals surface area contributed by atoms with Crippen LogP contribution in [-0.2, 0) is 4.74 Å². The molecular weight excluding hydrogens is 242 g/mol. The van der Waals surface area contributed by atoms with Crippen molar-refractivity contribution in [3.05, 3.63) is 18.2 Å². The number of methoxy groups -OCH3 is 2. The summed E-state index contributed by atoms with van der Waals surface area (Å²) >= 11 is 0. The van der Waals surface area contributed by atoms with Crippen LogP contribution in [0.2, 0.25) is 0 Å². The lowest BCUT2D eigenvalue weighted by molar-refractivity contribution is 0.103. The highest BCUT2D eigenvalue weighted by atomic mass is 16.5. The van der Waals surface area contributed by atoms with Crippen molar-refractivity contribution in [2.24, 2.45) is 0 Å². The average Bonchev–Trinajstić information content (AvgIpc) is 2.96. The van der Waals surface area contributed by atoms with Gasteiger partial charge in [-0.3, -0.25) is 0 Å². The first kappa shape index (κ1) is 14.0. The topological polar surface area (TPSA) is 39.7 Å². The monoisotopic (exact) mass is 265 g/mol. The molecule has 2 rings (SSSR count). The second kappa shape index (κ2) is 7.24. The molecule has 1 unspecified atom stereocenters. The first-order chi connectivity index (χ1) is 9.31. The SMILES string of the molecule is COc1cc(NCCCC2CCCO2)cc(OC)c1. The molecule has 0 bridgehead atoms. The summed E-state index contributed by atoms with van der Waals surface area (Å²) in [5.74, 6) is 1.61. The van der Waals surface area contributed by atoms with Crippen molar-refractivity contribution in [3.8, 4) is 11.5 Å². The van der Waals surface area contributed by atoms with E-state index in [4.69, 9.17) is 14.2 Å². The molecular formula is C15H23NO3. The fourth-order valence-electron chi connectivity index (χ4n) is 2.34. The third kappa shape index (κ3) is 4.31. The quantitative estimate of drug-likeness (QED) is 0.769. The Kier molecular flexibility index (Phi) is 5.33. The van der Waals surface area contributed by atoms with Gasteiger partial charge in [-0.05, 0) is 25.7 Å². The van der Waals surface area contributed by atoms with Gasteiger partial charge in [0.15, 0.2) is 0 Å². The van der Waals surface area contributed by atoms with Gasteiger partial charge in [0.1, 0.15) is 11.5 Å². The van der Waals surface area contributed by atoms with E-state index in [1.165, 1.54) is 12.8 Å². The minimum atomic E-state index is 0.474. The average molecular weight is 265 g/mol. The third-order valence-corrected chi connectivity index (χ3v) is 3.41. The molecule has 1 atom stereocenters. The fourth-order valence-corrected chi connectivity index (χ4v) is 2.34. The Morgan fingerprint density at radius 1 is 1.21 bits per heavy atom. The Morgan fingerprint density at radius 3 is 2.53 bits per heavy atom. The molecule has 1 aromatic carbocycles. The molecule has 1 N–H and O–H groups in total. The second-order valence-corrected chi connectivity index (χ2v) is 4.81. The summed E-state index contributed by atoms with van der Waals surface area (Å²) in [5.41, 5.74) is 1.03.